The molecule has 0 radical (unpaired) electrons. The Hall–Kier alpha value is -2.19. The third kappa shape index (κ3) is 3.32. The SMILES string of the molecule is Cc1ncoc1C(=O)N1Cc2ccnn2CC[C@@H]1CN1CCOCC1. The maximum atomic E-state index is 13.1. The Balaban J connectivity index is 1.59. The Labute approximate surface area is 146 Å². The zero-order valence-corrected chi connectivity index (χ0v) is 14.4. The summed E-state index contributed by atoms with van der Waals surface area (Å²) in [6.45, 7) is 7.31. The van der Waals surface area contributed by atoms with Crippen LogP contribution in [0.4, 0.5) is 0 Å². The van der Waals surface area contributed by atoms with Crippen LogP contribution in [-0.2, 0) is 17.8 Å². The number of oxazole rings is 1. The molecule has 25 heavy (non-hydrogen) atoms. The second kappa shape index (κ2) is 6.97. The van der Waals surface area contributed by atoms with Gasteiger partial charge in [-0.15, -0.1) is 0 Å². The number of hydrogen-bond donors (Lipinski definition) is 0. The first kappa shape index (κ1) is 16.3. The Bertz CT molecular complexity index is 734. The van der Waals surface area contributed by atoms with Gasteiger partial charge in [0.05, 0.1) is 31.1 Å². The van der Waals surface area contributed by atoms with E-state index in [1.807, 2.05) is 15.6 Å². The largest absolute Gasteiger partial charge is 0.438 e. The fourth-order valence-electron chi connectivity index (χ4n) is 3.57. The Morgan fingerprint density at radius 2 is 2.16 bits per heavy atom. The van der Waals surface area contributed by atoms with Gasteiger partial charge in [-0.1, -0.05) is 0 Å². The van der Waals surface area contributed by atoms with Crippen molar-refractivity contribution in [1.29, 1.82) is 0 Å². The summed E-state index contributed by atoms with van der Waals surface area (Å²) in [6.07, 6.45) is 3.99. The molecule has 0 spiro atoms. The van der Waals surface area contributed by atoms with Crippen LogP contribution in [0.2, 0.25) is 0 Å². The van der Waals surface area contributed by atoms with Gasteiger partial charge in [-0.05, 0) is 19.4 Å². The lowest BCUT2D eigenvalue weighted by atomic mass is 10.1. The van der Waals surface area contributed by atoms with Crippen LogP contribution in [0.5, 0.6) is 0 Å². The molecule has 4 heterocycles. The predicted octanol–water partition coefficient (Wildman–Crippen LogP) is 0.926. The van der Waals surface area contributed by atoms with Crippen LogP contribution >= 0.6 is 0 Å². The van der Waals surface area contributed by atoms with Gasteiger partial charge >= 0.3 is 0 Å². The van der Waals surface area contributed by atoms with Crippen molar-refractivity contribution in [3.05, 3.63) is 35.8 Å². The summed E-state index contributed by atoms with van der Waals surface area (Å²) in [6, 6.07) is 2.08. The Morgan fingerprint density at radius 1 is 1.32 bits per heavy atom. The number of carbonyl (C=O) groups excluding carboxylic acids is 1. The highest BCUT2D eigenvalue weighted by Gasteiger charge is 2.32. The van der Waals surface area contributed by atoms with Crippen LogP contribution in [0, 0.1) is 6.92 Å². The molecule has 1 fully saturated rings. The summed E-state index contributed by atoms with van der Waals surface area (Å²) < 4.78 is 12.8. The van der Waals surface area contributed by atoms with Crippen molar-refractivity contribution < 1.29 is 13.9 Å². The average molecular weight is 345 g/mol. The van der Waals surface area contributed by atoms with Gasteiger partial charge in [0.25, 0.3) is 5.91 Å². The van der Waals surface area contributed by atoms with Crippen molar-refractivity contribution in [2.45, 2.75) is 32.5 Å². The van der Waals surface area contributed by atoms with Crippen LogP contribution in [0.25, 0.3) is 0 Å². The van der Waals surface area contributed by atoms with Crippen LogP contribution in [0.3, 0.4) is 0 Å². The first-order valence-corrected chi connectivity index (χ1v) is 8.74. The normalized spacial score (nSPS) is 21.8. The van der Waals surface area contributed by atoms with E-state index in [0.29, 0.717) is 18.0 Å². The van der Waals surface area contributed by atoms with E-state index in [4.69, 9.17) is 9.15 Å². The van der Waals surface area contributed by atoms with E-state index < -0.39 is 0 Å². The minimum Gasteiger partial charge on any atom is -0.438 e. The first-order chi connectivity index (χ1) is 12.2. The topological polar surface area (TPSA) is 76.6 Å². The van der Waals surface area contributed by atoms with E-state index in [9.17, 15) is 4.79 Å². The number of rotatable bonds is 3. The van der Waals surface area contributed by atoms with Crippen LogP contribution in [-0.4, -0.2) is 69.4 Å². The molecule has 134 valence electrons. The standard InChI is InChI=1S/C17H23N5O3/c1-13-16(25-12-18-13)17(23)21-11-15-2-4-19-22(15)5-3-14(21)10-20-6-8-24-9-7-20/h2,4,12,14H,3,5-11H2,1H3/t14-/m1/s1. The average Bonchev–Trinajstić information content (AvgIpc) is 3.22. The van der Waals surface area contributed by atoms with Crippen molar-refractivity contribution in [2.75, 3.05) is 32.8 Å². The highest BCUT2D eigenvalue weighted by molar-refractivity contribution is 5.92. The number of morpholine rings is 1. The van der Waals surface area contributed by atoms with Gasteiger partial charge in [0.1, 0.15) is 0 Å². The molecule has 0 unspecified atom stereocenters. The summed E-state index contributed by atoms with van der Waals surface area (Å²) in [7, 11) is 0. The molecule has 8 heteroatoms. The van der Waals surface area contributed by atoms with Crippen LogP contribution in [0.15, 0.2) is 23.1 Å². The molecular weight excluding hydrogens is 322 g/mol. The van der Waals surface area contributed by atoms with E-state index in [0.717, 1.165) is 51.5 Å². The van der Waals surface area contributed by atoms with E-state index in [2.05, 4.69) is 15.0 Å². The number of hydrogen-bond acceptors (Lipinski definition) is 6. The molecule has 2 aliphatic rings. The smallest absolute Gasteiger partial charge is 0.292 e. The van der Waals surface area contributed by atoms with Crippen molar-refractivity contribution >= 4 is 5.91 Å². The number of amides is 1. The van der Waals surface area contributed by atoms with Crippen LogP contribution < -0.4 is 0 Å². The highest BCUT2D eigenvalue weighted by atomic mass is 16.5. The number of nitrogens with zero attached hydrogens (tertiary/aromatic N) is 5. The van der Waals surface area contributed by atoms with E-state index in [-0.39, 0.29) is 11.9 Å². The summed E-state index contributed by atoms with van der Waals surface area (Å²) in [4.78, 5) is 21.5. The minimum atomic E-state index is -0.0945. The second-order valence-electron chi connectivity index (χ2n) is 6.60. The molecule has 1 atom stereocenters. The summed E-state index contributed by atoms with van der Waals surface area (Å²) in [5.41, 5.74) is 1.68. The molecule has 0 N–H and O–H groups in total. The van der Waals surface area contributed by atoms with Gasteiger partial charge < -0.3 is 14.1 Å². The third-order valence-corrected chi connectivity index (χ3v) is 5.03. The maximum absolute atomic E-state index is 13.1. The number of carbonyl (C=O) groups is 1. The molecule has 2 aromatic heterocycles. The molecule has 2 aromatic rings. The lowest BCUT2D eigenvalue weighted by Gasteiger charge is -2.35. The summed E-state index contributed by atoms with van der Waals surface area (Å²) in [5, 5.41) is 4.38. The molecule has 0 aromatic carbocycles. The third-order valence-electron chi connectivity index (χ3n) is 5.03. The van der Waals surface area contributed by atoms with Crippen molar-refractivity contribution in [3.63, 3.8) is 0 Å². The number of aryl methyl sites for hydroxylation is 2. The minimum absolute atomic E-state index is 0.0945. The number of fused-ring (bicyclic) bond motifs is 1. The molecular formula is C17H23N5O3. The highest BCUT2D eigenvalue weighted by Crippen LogP contribution is 2.22. The van der Waals surface area contributed by atoms with Gasteiger partial charge in [-0.2, -0.15) is 5.10 Å². The van der Waals surface area contributed by atoms with Gasteiger partial charge in [-0.25, -0.2) is 4.98 Å². The number of ether oxygens (including phenoxy) is 1. The lowest BCUT2D eigenvalue weighted by molar-refractivity contribution is 0.0195. The zero-order valence-electron chi connectivity index (χ0n) is 14.4. The molecule has 4 rings (SSSR count). The maximum Gasteiger partial charge on any atom is 0.292 e. The van der Waals surface area contributed by atoms with Gasteiger partial charge in [-0.3, -0.25) is 14.4 Å². The molecule has 0 aliphatic carbocycles. The Morgan fingerprint density at radius 3 is 2.92 bits per heavy atom. The van der Waals surface area contributed by atoms with Crippen molar-refractivity contribution in [2.24, 2.45) is 0 Å². The first-order valence-electron chi connectivity index (χ1n) is 8.74. The van der Waals surface area contributed by atoms with Gasteiger partial charge in [0.2, 0.25) is 5.76 Å². The molecule has 0 bridgehead atoms. The van der Waals surface area contributed by atoms with Crippen LogP contribution in [0.1, 0.15) is 28.4 Å². The van der Waals surface area contributed by atoms with E-state index >= 15 is 0 Å². The fraction of sp³-hybridized carbons (Fsp3) is 0.588. The molecule has 2 aliphatic heterocycles. The monoisotopic (exact) mass is 345 g/mol. The van der Waals surface area contributed by atoms with Gasteiger partial charge in [0, 0.05) is 38.4 Å². The molecule has 8 nitrogen and oxygen atoms in total. The molecule has 1 saturated heterocycles. The summed E-state index contributed by atoms with van der Waals surface area (Å²) in [5.74, 6) is 0.239. The van der Waals surface area contributed by atoms with E-state index in [1.54, 1.807) is 13.1 Å². The lowest BCUT2D eigenvalue weighted by Crippen LogP contribution is -2.48. The summed E-state index contributed by atoms with van der Waals surface area (Å²) >= 11 is 0. The molecule has 0 saturated carbocycles. The van der Waals surface area contributed by atoms with E-state index in [1.165, 1.54) is 6.39 Å². The number of aromatic nitrogens is 3. The second-order valence-corrected chi connectivity index (χ2v) is 6.60. The quantitative estimate of drug-likeness (QED) is 0.824. The molecule has 1 amide bonds. The predicted molar refractivity (Wildman–Crippen MR) is 89.0 cm³/mol. The fourth-order valence-corrected chi connectivity index (χ4v) is 3.57. The van der Waals surface area contributed by atoms with Crippen molar-refractivity contribution in [3.8, 4) is 0 Å². The van der Waals surface area contributed by atoms with Crippen molar-refractivity contribution in [1.82, 2.24) is 24.6 Å². The zero-order chi connectivity index (χ0) is 17.2. The Kier molecular flexibility index (Phi) is 4.54. The van der Waals surface area contributed by atoms with Gasteiger partial charge in [0.15, 0.2) is 6.39 Å².